The van der Waals surface area contributed by atoms with Crippen LogP contribution in [0, 0.1) is 6.92 Å². The van der Waals surface area contributed by atoms with E-state index in [0.717, 1.165) is 17.9 Å². The highest BCUT2D eigenvalue weighted by molar-refractivity contribution is 6.90. The van der Waals surface area contributed by atoms with Crippen LogP contribution in [-0.4, -0.2) is 16.1 Å². The lowest BCUT2D eigenvalue weighted by atomic mass is 10.1. The van der Waals surface area contributed by atoms with E-state index in [1.807, 2.05) is 0 Å². The summed E-state index contributed by atoms with van der Waals surface area (Å²) in [4.78, 5) is 0. The molecule has 1 nitrogen and oxygen atoms in total. The fraction of sp³-hybridized carbons (Fsp3) is 0.290. The van der Waals surface area contributed by atoms with Crippen molar-refractivity contribution in [3.05, 3.63) is 106 Å². The Hall–Kier alpha value is -2.63. The zero-order valence-electron chi connectivity index (χ0n) is 21.6. The van der Waals surface area contributed by atoms with Crippen LogP contribution in [0.15, 0.2) is 81.9 Å². The van der Waals surface area contributed by atoms with E-state index in [-0.39, 0.29) is 0 Å². The van der Waals surface area contributed by atoms with Crippen LogP contribution in [0.4, 0.5) is 0 Å². The molecule has 2 aromatic carbocycles. The van der Waals surface area contributed by atoms with Crippen molar-refractivity contribution in [2.75, 3.05) is 0 Å². The van der Waals surface area contributed by atoms with Gasteiger partial charge in [-0.3, -0.25) is 0 Å². The number of hydrogen-bond donors (Lipinski definition) is 0. The summed E-state index contributed by atoms with van der Waals surface area (Å²) in [6.45, 7) is 16.9. The van der Waals surface area contributed by atoms with E-state index in [1.54, 1.807) is 10.4 Å². The fourth-order valence-corrected chi connectivity index (χ4v) is 11.9. The normalized spacial score (nSPS) is 18.3. The smallest absolute Gasteiger partial charge is 0.130 e. The number of allylic oxidation sites excluding steroid dienone is 5. The number of aryl methyl sites for hydroxylation is 1. The van der Waals surface area contributed by atoms with Gasteiger partial charge < -0.3 is 4.42 Å². The van der Waals surface area contributed by atoms with Crippen LogP contribution in [0.2, 0.25) is 32.7 Å². The Morgan fingerprint density at radius 2 is 1.53 bits per heavy atom. The third-order valence-corrected chi connectivity index (χ3v) is 14.0. The number of fused-ring (bicyclic) bond motifs is 1. The van der Waals surface area contributed by atoms with Crippen molar-refractivity contribution < 1.29 is 4.42 Å². The maximum absolute atomic E-state index is 6.27. The van der Waals surface area contributed by atoms with Crippen LogP contribution in [0.25, 0.3) is 17.2 Å². The van der Waals surface area contributed by atoms with Gasteiger partial charge in [0.2, 0.25) is 0 Å². The molecule has 0 radical (unpaired) electrons. The molecule has 1 aromatic heterocycles. The largest absolute Gasteiger partial charge is 0.462 e. The molecule has 0 spiro atoms. The van der Waals surface area contributed by atoms with Crippen molar-refractivity contribution in [2.24, 2.45) is 0 Å². The molecule has 0 amide bonds. The molecular formula is C31H36OSi2. The van der Waals surface area contributed by atoms with Crippen LogP contribution >= 0.6 is 0 Å². The van der Waals surface area contributed by atoms with Gasteiger partial charge in [-0.25, -0.2) is 0 Å². The Balaban J connectivity index is 1.62. The zero-order chi connectivity index (χ0) is 24.3. The van der Waals surface area contributed by atoms with Crippen molar-refractivity contribution in [1.29, 1.82) is 0 Å². The second kappa shape index (κ2) is 8.25. The van der Waals surface area contributed by atoms with E-state index in [4.69, 9.17) is 4.42 Å². The van der Waals surface area contributed by atoms with Crippen molar-refractivity contribution in [2.45, 2.75) is 58.5 Å². The minimum atomic E-state index is -1.93. The molecule has 0 saturated carbocycles. The Kier molecular flexibility index (Phi) is 5.61. The summed E-state index contributed by atoms with van der Waals surface area (Å²) in [5, 5.41) is 3.25. The van der Waals surface area contributed by atoms with Crippen molar-refractivity contribution in [3.8, 4) is 0 Å². The molecule has 0 saturated heterocycles. The standard InChI is InChI=1S/C31H36OSi2/c1-21-18-24(23-12-9-8-10-13-23)19-30(21)34(6,7)31-25-14-11-15-29(33(3,4)5)26(25)20-27(31)28-17-16-22(2)32-28/h8-18,20,31H,19H2,1-7H3. The third-order valence-electron chi connectivity index (χ3n) is 7.77. The van der Waals surface area contributed by atoms with Crippen LogP contribution in [0.5, 0.6) is 0 Å². The second-order valence-corrected chi connectivity index (χ2v) is 21.3. The molecule has 5 rings (SSSR count). The van der Waals surface area contributed by atoms with Crippen molar-refractivity contribution in [3.63, 3.8) is 0 Å². The molecule has 0 bridgehead atoms. The van der Waals surface area contributed by atoms with E-state index in [9.17, 15) is 0 Å². The molecule has 2 aliphatic rings. The Morgan fingerprint density at radius 1 is 0.794 bits per heavy atom. The Morgan fingerprint density at radius 3 is 2.18 bits per heavy atom. The monoisotopic (exact) mass is 480 g/mol. The number of furan rings is 1. The van der Waals surface area contributed by atoms with Crippen LogP contribution in [0.3, 0.4) is 0 Å². The van der Waals surface area contributed by atoms with Gasteiger partial charge in [0, 0.05) is 11.1 Å². The summed E-state index contributed by atoms with van der Waals surface area (Å²) in [5.41, 5.74) is 9.07. The topological polar surface area (TPSA) is 13.1 Å². The summed E-state index contributed by atoms with van der Waals surface area (Å²) in [5.74, 6) is 2.04. The van der Waals surface area contributed by atoms with Crippen LogP contribution in [0.1, 0.15) is 47.1 Å². The van der Waals surface area contributed by atoms with E-state index in [2.05, 4.69) is 119 Å². The maximum Gasteiger partial charge on any atom is 0.130 e. The van der Waals surface area contributed by atoms with Crippen molar-refractivity contribution in [1.82, 2.24) is 0 Å². The molecule has 2 aliphatic carbocycles. The van der Waals surface area contributed by atoms with Gasteiger partial charge in [0.1, 0.15) is 11.5 Å². The molecular weight excluding hydrogens is 445 g/mol. The number of rotatable bonds is 5. The Labute approximate surface area is 206 Å². The summed E-state index contributed by atoms with van der Waals surface area (Å²) < 4.78 is 6.27. The van der Waals surface area contributed by atoms with Gasteiger partial charge in [0.15, 0.2) is 0 Å². The summed E-state index contributed by atoms with van der Waals surface area (Å²) >= 11 is 0. The predicted molar refractivity (Wildman–Crippen MR) is 153 cm³/mol. The first kappa shape index (κ1) is 23.1. The molecule has 1 heterocycles. The molecule has 3 heteroatoms. The number of benzene rings is 2. The first-order chi connectivity index (χ1) is 16.1. The minimum Gasteiger partial charge on any atom is -0.462 e. The van der Waals surface area contributed by atoms with Crippen molar-refractivity contribution >= 4 is 38.6 Å². The first-order valence-electron chi connectivity index (χ1n) is 12.5. The maximum atomic E-state index is 6.27. The first-order valence-corrected chi connectivity index (χ1v) is 19.0. The highest BCUT2D eigenvalue weighted by Crippen LogP contribution is 2.52. The lowest BCUT2D eigenvalue weighted by Gasteiger charge is -2.35. The molecule has 0 aliphatic heterocycles. The second-order valence-electron chi connectivity index (χ2n) is 11.6. The van der Waals surface area contributed by atoms with Crippen LogP contribution in [-0.2, 0) is 0 Å². The summed E-state index contributed by atoms with van der Waals surface area (Å²) in [7, 11) is -3.42. The quantitative estimate of drug-likeness (QED) is 0.334. The van der Waals surface area contributed by atoms with Gasteiger partial charge >= 0.3 is 0 Å². The lowest BCUT2D eigenvalue weighted by Crippen LogP contribution is -2.41. The zero-order valence-corrected chi connectivity index (χ0v) is 23.6. The van der Waals surface area contributed by atoms with E-state index in [0.29, 0.717) is 5.54 Å². The van der Waals surface area contributed by atoms with Gasteiger partial charge in [-0.2, -0.15) is 0 Å². The highest BCUT2D eigenvalue weighted by Gasteiger charge is 2.45. The minimum absolute atomic E-state index is 0.401. The predicted octanol–water partition coefficient (Wildman–Crippen LogP) is 8.36. The average molecular weight is 481 g/mol. The molecule has 0 N–H and O–H groups in total. The summed E-state index contributed by atoms with van der Waals surface area (Å²) in [6, 6.07) is 22.3. The molecule has 0 fully saturated rings. The van der Waals surface area contributed by atoms with Gasteiger partial charge in [-0.15, -0.1) is 0 Å². The molecule has 174 valence electrons. The molecule has 3 aromatic rings. The summed E-state index contributed by atoms with van der Waals surface area (Å²) in [6.07, 6.45) is 5.99. The lowest BCUT2D eigenvalue weighted by molar-refractivity contribution is 0.520. The van der Waals surface area contributed by atoms with E-state index < -0.39 is 16.1 Å². The SMILES string of the molecule is CC1=C([Si](C)(C)C2C(c3ccc(C)o3)=Cc3c2cccc3[Si](C)(C)C)CC(c2ccccc2)=C1. The van der Waals surface area contributed by atoms with Gasteiger partial charge in [-0.05, 0) is 60.7 Å². The Bertz CT molecular complexity index is 1340. The molecule has 1 atom stereocenters. The molecule has 34 heavy (non-hydrogen) atoms. The van der Waals surface area contributed by atoms with Gasteiger partial charge in [-0.1, -0.05) is 103 Å². The van der Waals surface area contributed by atoms with Crippen LogP contribution < -0.4 is 5.19 Å². The molecule has 1 unspecified atom stereocenters. The van der Waals surface area contributed by atoms with Gasteiger partial charge in [0.05, 0.1) is 16.1 Å². The highest BCUT2D eigenvalue weighted by atomic mass is 28.3. The number of hydrogen-bond acceptors (Lipinski definition) is 1. The van der Waals surface area contributed by atoms with E-state index in [1.165, 1.54) is 33.4 Å². The van der Waals surface area contributed by atoms with Gasteiger partial charge in [0.25, 0.3) is 0 Å². The third kappa shape index (κ3) is 3.85. The van der Waals surface area contributed by atoms with E-state index >= 15 is 0 Å². The fourth-order valence-electron chi connectivity index (χ4n) is 6.11. The average Bonchev–Trinajstić information content (AvgIpc) is 3.49.